The van der Waals surface area contributed by atoms with E-state index in [0.29, 0.717) is 4.48 Å². The minimum atomic E-state index is 0.529. The van der Waals surface area contributed by atoms with Crippen molar-refractivity contribution in [2.45, 2.75) is 19.3 Å². The number of hydrogen-bond donors (Lipinski definition) is 0. The van der Waals surface area contributed by atoms with Crippen LogP contribution in [0.1, 0.15) is 19.3 Å². The second-order valence-corrected chi connectivity index (χ2v) is 3.98. The van der Waals surface area contributed by atoms with Gasteiger partial charge in [0.2, 0.25) is 0 Å². The van der Waals surface area contributed by atoms with Gasteiger partial charge >= 0.3 is 6.41 Å². The van der Waals surface area contributed by atoms with E-state index in [4.69, 9.17) is 0 Å². The van der Waals surface area contributed by atoms with E-state index >= 15 is 0 Å². The highest BCUT2D eigenvalue weighted by molar-refractivity contribution is 5.69. The van der Waals surface area contributed by atoms with E-state index in [9.17, 15) is 4.79 Å². The number of carbonyl (C=O) groups excluding carboxylic acids is 1. The Labute approximate surface area is 84.7 Å². The van der Waals surface area contributed by atoms with Crippen molar-refractivity contribution in [3.8, 4) is 0 Å². The summed E-state index contributed by atoms with van der Waals surface area (Å²) in [5, 5.41) is 0. The molecule has 2 heteroatoms. The summed E-state index contributed by atoms with van der Waals surface area (Å²) < 4.78 is 0.529. The molecule has 0 N–H and O–H groups in total. The van der Waals surface area contributed by atoms with E-state index < -0.39 is 0 Å². The predicted octanol–water partition coefficient (Wildman–Crippen LogP) is 2.33. The van der Waals surface area contributed by atoms with Crippen molar-refractivity contribution in [2.24, 2.45) is 0 Å². The molecule has 1 saturated heterocycles. The summed E-state index contributed by atoms with van der Waals surface area (Å²) in [5.41, 5.74) is 1.14. The maximum atomic E-state index is 11.3. The average Bonchev–Trinajstić information content (AvgIpc) is 2.31. The number of hydrogen-bond acceptors (Lipinski definition) is 1. The molecule has 1 amide bonds. The molecule has 0 atom stereocenters. The Morgan fingerprint density at radius 3 is 2.21 bits per heavy atom. The molecule has 0 spiro atoms. The van der Waals surface area contributed by atoms with Gasteiger partial charge in [-0.15, -0.1) is 0 Å². The molecule has 2 nitrogen and oxygen atoms in total. The minimum Gasteiger partial charge on any atom is -0.233 e. The lowest BCUT2D eigenvalue weighted by Gasteiger charge is -2.34. The maximum absolute atomic E-state index is 11.3. The lowest BCUT2D eigenvalue weighted by atomic mass is 10.1. The summed E-state index contributed by atoms with van der Waals surface area (Å²) in [6.45, 7) is 1.93. The number of carbonyl (C=O) groups is 1. The smallest absolute Gasteiger partial charge is 0.233 e. The van der Waals surface area contributed by atoms with E-state index in [2.05, 4.69) is 12.1 Å². The van der Waals surface area contributed by atoms with Crippen LogP contribution in [0.25, 0.3) is 0 Å². The molecule has 0 bridgehead atoms. The quantitative estimate of drug-likeness (QED) is 0.516. The van der Waals surface area contributed by atoms with Gasteiger partial charge in [0.05, 0.1) is 13.1 Å². The van der Waals surface area contributed by atoms with Gasteiger partial charge in [-0.3, -0.25) is 0 Å². The molecular formula is C12H16NO+. The predicted molar refractivity (Wildman–Crippen MR) is 57.9 cm³/mol. The van der Waals surface area contributed by atoms with Crippen LogP contribution in [0.3, 0.4) is 0 Å². The van der Waals surface area contributed by atoms with Crippen LogP contribution in [-0.4, -0.2) is 19.5 Å². The third kappa shape index (κ3) is 1.58. The zero-order chi connectivity index (χ0) is 9.86. The molecule has 0 aliphatic carbocycles. The van der Waals surface area contributed by atoms with E-state index in [1.165, 1.54) is 6.42 Å². The van der Waals surface area contributed by atoms with Crippen molar-refractivity contribution in [1.82, 2.24) is 4.48 Å². The second kappa shape index (κ2) is 3.93. The SMILES string of the molecule is O=C[N+]1(c2ccccc2)CCCCC1. The molecule has 1 aromatic carbocycles. The standard InChI is InChI=1S/C12H16NO/c14-11-13(9-5-2-6-10-13)12-7-3-1-4-8-12/h1,3-4,7-8,11H,2,5-6,9-10H2/q+1. The number of piperidine rings is 1. The average molecular weight is 190 g/mol. The number of amides is 1. The van der Waals surface area contributed by atoms with Gasteiger partial charge in [0, 0.05) is 0 Å². The summed E-state index contributed by atoms with van der Waals surface area (Å²) in [6, 6.07) is 10.1. The van der Waals surface area contributed by atoms with Gasteiger partial charge in [0.15, 0.2) is 0 Å². The molecular weight excluding hydrogens is 174 g/mol. The van der Waals surface area contributed by atoms with Crippen molar-refractivity contribution in [3.05, 3.63) is 30.3 Å². The highest BCUT2D eigenvalue weighted by Crippen LogP contribution is 2.26. The van der Waals surface area contributed by atoms with Crippen LogP contribution in [0.15, 0.2) is 30.3 Å². The molecule has 1 heterocycles. The third-order valence-corrected chi connectivity index (χ3v) is 3.09. The fraction of sp³-hybridized carbons (Fsp3) is 0.417. The lowest BCUT2D eigenvalue weighted by molar-refractivity contribution is -0.118. The molecule has 0 unspecified atom stereocenters. The maximum Gasteiger partial charge on any atom is 0.306 e. The van der Waals surface area contributed by atoms with Crippen molar-refractivity contribution >= 4 is 12.1 Å². The number of rotatable bonds is 2. The molecule has 1 aromatic rings. The summed E-state index contributed by atoms with van der Waals surface area (Å²) in [4.78, 5) is 11.3. The Hall–Kier alpha value is -1.15. The first-order chi connectivity index (χ1) is 6.87. The molecule has 0 radical (unpaired) electrons. The molecule has 2 rings (SSSR count). The van der Waals surface area contributed by atoms with Crippen molar-refractivity contribution in [1.29, 1.82) is 0 Å². The Bertz CT molecular complexity index is 301. The van der Waals surface area contributed by atoms with Crippen molar-refractivity contribution in [2.75, 3.05) is 13.1 Å². The molecule has 0 saturated carbocycles. The number of benzene rings is 1. The first-order valence-electron chi connectivity index (χ1n) is 5.26. The van der Waals surface area contributed by atoms with Crippen LogP contribution in [0.2, 0.25) is 0 Å². The summed E-state index contributed by atoms with van der Waals surface area (Å²) in [6.07, 6.45) is 4.69. The van der Waals surface area contributed by atoms with Crippen LogP contribution in [0.5, 0.6) is 0 Å². The first-order valence-corrected chi connectivity index (χ1v) is 5.26. The van der Waals surface area contributed by atoms with Gasteiger partial charge in [-0.1, -0.05) is 18.2 Å². The van der Waals surface area contributed by atoms with Crippen LogP contribution >= 0.6 is 0 Å². The highest BCUT2D eigenvalue weighted by Gasteiger charge is 2.31. The van der Waals surface area contributed by atoms with Gasteiger partial charge in [0.25, 0.3) is 0 Å². The molecule has 1 aliphatic rings. The number of quaternary nitrogens is 1. The molecule has 74 valence electrons. The van der Waals surface area contributed by atoms with Gasteiger partial charge in [-0.2, -0.15) is 0 Å². The largest absolute Gasteiger partial charge is 0.306 e. The van der Waals surface area contributed by atoms with Crippen LogP contribution < -0.4 is 4.48 Å². The normalized spacial score (nSPS) is 20.3. The Balaban J connectivity index is 2.32. The Morgan fingerprint density at radius 2 is 1.64 bits per heavy atom. The summed E-state index contributed by atoms with van der Waals surface area (Å²) >= 11 is 0. The lowest BCUT2D eigenvalue weighted by Crippen LogP contribution is -2.51. The van der Waals surface area contributed by atoms with Gasteiger partial charge in [-0.05, 0) is 31.4 Å². The summed E-state index contributed by atoms with van der Waals surface area (Å²) in [7, 11) is 0. The van der Waals surface area contributed by atoms with E-state index in [1.54, 1.807) is 0 Å². The Kier molecular flexibility index (Phi) is 2.64. The van der Waals surface area contributed by atoms with Crippen molar-refractivity contribution < 1.29 is 4.79 Å². The zero-order valence-electron chi connectivity index (χ0n) is 8.36. The van der Waals surface area contributed by atoms with Gasteiger partial charge < -0.3 is 0 Å². The molecule has 1 fully saturated rings. The fourth-order valence-corrected chi connectivity index (χ4v) is 2.23. The number of para-hydroxylation sites is 1. The molecule has 0 aromatic heterocycles. The molecule has 1 aliphatic heterocycles. The first kappa shape index (κ1) is 9.41. The Morgan fingerprint density at radius 1 is 1.00 bits per heavy atom. The van der Waals surface area contributed by atoms with Gasteiger partial charge in [-0.25, -0.2) is 9.28 Å². The fourth-order valence-electron chi connectivity index (χ4n) is 2.23. The van der Waals surface area contributed by atoms with Crippen LogP contribution in [-0.2, 0) is 4.79 Å². The third-order valence-electron chi connectivity index (χ3n) is 3.09. The number of likely N-dealkylation sites (tertiary alicyclic amines) is 1. The minimum absolute atomic E-state index is 0.529. The second-order valence-electron chi connectivity index (χ2n) is 3.98. The van der Waals surface area contributed by atoms with Crippen molar-refractivity contribution in [3.63, 3.8) is 0 Å². The van der Waals surface area contributed by atoms with E-state index in [-0.39, 0.29) is 0 Å². The van der Waals surface area contributed by atoms with Gasteiger partial charge in [0.1, 0.15) is 5.69 Å². The monoisotopic (exact) mass is 190 g/mol. The highest BCUT2D eigenvalue weighted by atomic mass is 16.1. The van der Waals surface area contributed by atoms with E-state index in [1.807, 2.05) is 18.2 Å². The van der Waals surface area contributed by atoms with E-state index in [0.717, 1.165) is 38.0 Å². The van der Waals surface area contributed by atoms with Crippen LogP contribution in [0.4, 0.5) is 5.69 Å². The number of nitrogens with zero attached hydrogens (tertiary/aromatic N) is 1. The van der Waals surface area contributed by atoms with Crippen LogP contribution in [0, 0.1) is 0 Å². The topological polar surface area (TPSA) is 17.1 Å². The zero-order valence-corrected chi connectivity index (χ0v) is 8.36. The molecule has 14 heavy (non-hydrogen) atoms. The summed E-state index contributed by atoms with van der Waals surface area (Å²) in [5.74, 6) is 0.